The minimum Gasteiger partial charge on any atom is -0.467 e. The zero-order chi connectivity index (χ0) is 22.9. The van der Waals surface area contributed by atoms with Crippen LogP contribution in [-0.2, 0) is 25.5 Å². The number of rotatable bonds is 6. The number of hydrogen-bond donors (Lipinski definition) is 2. The Kier molecular flexibility index (Phi) is 9.27. The maximum absolute atomic E-state index is 12.7. The van der Waals surface area contributed by atoms with Gasteiger partial charge in [0.05, 0.1) is 13.5 Å². The first-order valence-corrected chi connectivity index (χ1v) is 11.0. The summed E-state index contributed by atoms with van der Waals surface area (Å²) < 4.78 is 10.2. The summed E-state index contributed by atoms with van der Waals surface area (Å²) in [7, 11) is 1.35. The van der Waals surface area contributed by atoms with E-state index in [0.29, 0.717) is 11.4 Å². The Hall–Kier alpha value is -2.64. The van der Waals surface area contributed by atoms with Crippen LogP contribution in [0.1, 0.15) is 71.3 Å². The van der Waals surface area contributed by atoms with Gasteiger partial charge in [0.15, 0.2) is 0 Å². The quantitative estimate of drug-likeness (QED) is 0.657. The Bertz CT molecular complexity index is 752. The molecule has 1 aromatic heterocycles. The van der Waals surface area contributed by atoms with Crippen LogP contribution in [0, 0.1) is 5.92 Å². The number of ether oxygens (including phenoxy) is 2. The molecule has 1 atom stereocenters. The van der Waals surface area contributed by atoms with Crippen LogP contribution in [0.25, 0.3) is 0 Å². The fourth-order valence-corrected chi connectivity index (χ4v) is 3.79. The van der Waals surface area contributed by atoms with Crippen molar-refractivity contribution in [3.8, 4) is 0 Å². The molecule has 172 valence electrons. The number of carbonyl (C=O) groups excluding carboxylic acids is 3. The molecule has 8 nitrogen and oxygen atoms in total. The number of esters is 1. The van der Waals surface area contributed by atoms with Gasteiger partial charge in [-0.05, 0) is 57.2 Å². The zero-order valence-electron chi connectivity index (χ0n) is 19.0. The first-order valence-electron chi connectivity index (χ1n) is 11.0. The Morgan fingerprint density at radius 1 is 1.13 bits per heavy atom. The van der Waals surface area contributed by atoms with Crippen LogP contribution in [0.3, 0.4) is 0 Å². The Balaban J connectivity index is 2.00. The zero-order valence-corrected chi connectivity index (χ0v) is 19.0. The number of nitrogens with one attached hydrogen (secondary N) is 2. The molecule has 0 aromatic carbocycles. The van der Waals surface area contributed by atoms with E-state index in [-0.39, 0.29) is 18.2 Å². The van der Waals surface area contributed by atoms with Crippen molar-refractivity contribution in [1.29, 1.82) is 0 Å². The summed E-state index contributed by atoms with van der Waals surface area (Å²) in [5.74, 6) is -0.296. The third kappa shape index (κ3) is 8.94. The summed E-state index contributed by atoms with van der Waals surface area (Å²) >= 11 is 0. The standard InChI is InChI=1S/C23H35N3O5/c1-23(2,3)31-22(29)25-18-14-16(12-13-24-18)15-19(27)26-20(21(28)30-4)17-10-8-6-5-7-9-11-17/h12-14,17,20H,5-11,15H2,1-4H3,(H,26,27)(H,24,25,29). The van der Waals surface area contributed by atoms with Crippen molar-refractivity contribution >= 4 is 23.8 Å². The minimum atomic E-state index is -0.642. The van der Waals surface area contributed by atoms with E-state index in [0.717, 1.165) is 38.5 Å². The largest absolute Gasteiger partial charge is 0.467 e. The summed E-state index contributed by atoms with van der Waals surface area (Å²) in [5.41, 5.74) is 0.0430. The number of nitrogens with zero attached hydrogens (tertiary/aromatic N) is 1. The average Bonchev–Trinajstić information content (AvgIpc) is 2.64. The first kappa shape index (κ1) is 24.6. The summed E-state index contributed by atoms with van der Waals surface area (Å²) in [5, 5.41) is 5.45. The van der Waals surface area contributed by atoms with E-state index in [1.807, 2.05) is 0 Å². The normalized spacial score (nSPS) is 16.4. The molecule has 1 unspecified atom stereocenters. The molecule has 0 bridgehead atoms. The Labute approximate surface area is 184 Å². The molecule has 1 saturated carbocycles. The molecule has 1 aliphatic rings. The lowest BCUT2D eigenvalue weighted by Gasteiger charge is -2.27. The van der Waals surface area contributed by atoms with Gasteiger partial charge in [-0.15, -0.1) is 0 Å². The predicted octanol–water partition coefficient (Wildman–Crippen LogP) is 3.99. The highest BCUT2D eigenvalue weighted by atomic mass is 16.6. The third-order valence-corrected chi connectivity index (χ3v) is 5.21. The van der Waals surface area contributed by atoms with Gasteiger partial charge in [0.2, 0.25) is 5.91 Å². The van der Waals surface area contributed by atoms with E-state index in [9.17, 15) is 14.4 Å². The molecule has 0 spiro atoms. The molecule has 8 heteroatoms. The maximum Gasteiger partial charge on any atom is 0.413 e. The van der Waals surface area contributed by atoms with Gasteiger partial charge in [-0.25, -0.2) is 14.6 Å². The lowest BCUT2D eigenvalue weighted by atomic mass is 9.85. The molecule has 1 aromatic rings. The number of hydrogen-bond acceptors (Lipinski definition) is 6. The van der Waals surface area contributed by atoms with Crippen molar-refractivity contribution in [3.63, 3.8) is 0 Å². The highest BCUT2D eigenvalue weighted by molar-refractivity contribution is 5.86. The van der Waals surface area contributed by atoms with Crippen LogP contribution in [0.15, 0.2) is 18.3 Å². The van der Waals surface area contributed by atoms with Crippen molar-refractivity contribution in [1.82, 2.24) is 10.3 Å². The minimum absolute atomic E-state index is 0.0612. The molecule has 2 amide bonds. The second-order valence-electron chi connectivity index (χ2n) is 9.03. The summed E-state index contributed by atoms with van der Waals surface area (Å²) in [4.78, 5) is 41.1. The van der Waals surface area contributed by atoms with Crippen molar-refractivity contribution in [2.75, 3.05) is 12.4 Å². The first-order chi connectivity index (χ1) is 14.7. The second kappa shape index (κ2) is 11.7. The molecule has 2 rings (SSSR count). The van der Waals surface area contributed by atoms with Crippen LogP contribution in [0.4, 0.5) is 10.6 Å². The Morgan fingerprint density at radius 2 is 1.77 bits per heavy atom. The van der Waals surface area contributed by atoms with Crippen molar-refractivity contribution in [2.24, 2.45) is 5.92 Å². The van der Waals surface area contributed by atoms with Gasteiger partial charge in [0, 0.05) is 6.20 Å². The van der Waals surface area contributed by atoms with Gasteiger partial charge >= 0.3 is 12.1 Å². The van der Waals surface area contributed by atoms with Crippen LogP contribution in [0.2, 0.25) is 0 Å². The number of amides is 2. The fourth-order valence-electron chi connectivity index (χ4n) is 3.79. The monoisotopic (exact) mass is 433 g/mol. The van der Waals surface area contributed by atoms with E-state index in [1.54, 1.807) is 32.9 Å². The lowest BCUT2D eigenvalue weighted by molar-refractivity contribution is -0.147. The van der Waals surface area contributed by atoms with E-state index in [1.165, 1.54) is 19.7 Å². The highest BCUT2D eigenvalue weighted by Crippen LogP contribution is 2.25. The number of carbonyl (C=O) groups is 3. The smallest absolute Gasteiger partial charge is 0.413 e. The van der Waals surface area contributed by atoms with Crippen molar-refractivity contribution < 1.29 is 23.9 Å². The SMILES string of the molecule is COC(=O)C(NC(=O)Cc1ccnc(NC(=O)OC(C)(C)C)c1)C1CCCCCCC1. The van der Waals surface area contributed by atoms with Crippen LogP contribution in [0.5, 0.6) is 0 Å². The second-order valence-corrected chi connectivity index (χ2v) is 9.03. The van der Waals surface area contributed by atoms with Gasteiger partial charge in [0.1, 0.15) is 17.5 Å². The van der Waals surface area contributed by atoms with Crippen molar-refractivity contribution in [2.45, 2.75) is 83.8 Å². The number of methoxy groups -OCH3 is 1. The van der Waals surface area contributed by atoms with Crippen molar-refractivity contribution in [3.05, 3.63) is 23.9 Å². The molecule has 1 heterocycles. The van der Waals surface area contributed by atoms with Gasteiger partial charge in [0.25, 0.3) is 0 Å². The number of anilines is 1. The van der Waals surface area contributed by atoms with Gasteiger partial charge < -0.3 is 14.8 Å². The van der Waals surface area contributed by atoms with Gasteiger partial charge in [-0.2, -0.15) is 0 Å². The fraction of sp³-hybridized carbons (Fsp3) is 0.652. The molecule has 31 heavy (non-hydrogen) atoms. The van der Waals surface area contributed by atoms with E-state index < -0.39 is 23.7 Å². The van der Waals surface area contributed by atoms with E-state index >= 15 is 0 Å². The molecule has 0 saturated heterocycles. The molecular weight excluding hydrogens is 398 g/mol. The molecule has 0 aliphatic heterocycles. The third-order valence-electron chi connectivity index (χ3n) is 5.21. The summed E-state index contributed by atoms with van der Waals surface area (Å²) in [6, 6.07) is 2.67. The Morgan fingerprint density at radius 3 is 2.39 bits per heavy atom. The predicted molar refractivity (Wildman–Crippen MR) is 118 cm³/mol. The molecule has 1 fully saturated rings. The lowest BCUT2D eigenvalue weighted by Crippen LogP contribution is -2.47. The maximum atomic E-state index is 12.7. The molecule has 1 aliphatic carbocycles. The highest BCUT2D eigenvalue weighted by Gasteiger charge is 2.30. The van der Waals surface area contributed by atoms with Gasteiger partial charge in [-0.1, -0.05) is 32.1 Å². The summed E-state index contributed by atoms with van der Waals surface area (Å²) in [6.07, 6.45) is 8.41. The summed E-state index contributed by atoms with van der Waals surface area (Å²) in [6.45, 7) is 5.32. The van der Waals surface area contributed by atoms with E-state index in [2.05, 4.69) is 15.6 Å². The van der Waals surface area contributed by atoms with Crippen LogP contribution in [-0.4, -0.2) is 41.7 Å². The molecular formula is C23H35N3O5. The topological polar surface area (TPSA) is 107 Å². The molecule has 2 N–H and O–H groups in total. The molecule has 0 radical (unpaired) electrons. The van der Waals surface area contributed by atoms with E-state index in [4.69, 9.17) is 9.47 Å². The average molecular weight is 434 g/mol. The number of aromatic nitrogens is 1. The van der Waals surface area contributed by atoms with Crippen LogP contribution >= 0.6 is 0 Å². The van der Waals surface area contributed by atoms with Gasteiger partial charge in [-0.3, -0.25) is 10.1 Å². The van der Waals surface area contributed by atoms with Crippen LogP contribution < -0.4 is 10.6 Å². The number of pyridine rings is 1.